The molecule has 8 heteroatoms. The van der Waals surface area contributed by atoms with Crippen molar-refractivity contribution in [1.29, 1.82) is 0 Å². The van der Waals surface area contributed by atoms with Crippen LogP contribution in [0.2, 0.25) is 0 Å². The van der Waals surface area contributed by atoms with Crippen LogP contribution in [-0.2, 0) is 22.6 Å². The highest BCUT2D eigenvalue weighted by atomic mass is 19.4. The minimum Gasteiger partial charge on any atom is -0.481 e. The van der Waals surface area contributed by atoms with Gasteiger partial charge in [-0.15, -0.1) is 0 Å². The Morgan fingerprint density at radius 2 is 1.29 bits per heavy atom. The van der Waals surface area contributed by atoms with E-state index in [4.69, 9.17) is 5.11 Å². The van der Waals surface area contributed by atoms with Crippen molar-refractivity contribution in [2.45, 2.75) is 38.0 Å². The molecule has 0 fully saturated rings. The quantitative estimate of drug-likeness (QED) is 0.835. The number of carboxylic acids is 1. The number of carboxylic acid groups (broad SMARTS) is 1. The number of benzene rings is 1. The van der Waals surface area contributed by atoms with Gasteiger partial charge < -0.3 is 5.11 Å². The summed E-state index contributed by atoms with van der Waals surface area (Å²) < 4.78 is 76.3. The molecule has 1 aromatic rings. The predicted octanol–water partition coefficient (Wildman–Crippen LogP) is 4.48. The Morgan fingerprint density at radius 3 is 1.52 bits per heavy atom. The van der Waals surface area contributed by atoms with Gasteiger partial charge in [-0.3, -0.25) is 4.79 Å². The summed E-state index contributed by atoms with van der Waals surface area (Å²) in [5.41, 5.74) is -5.40. The molecule has 0 aliphatic carbocycles. The molecule has 0 radical (unpaired) electrons. The summed E-state index contributed by atoms with van der Waals surface area (Å²) in [5, 5.41) is 9.11. The average Bonchev–Trinajstić information content (AvgIpc) is 2.34. The molecule has 2 nitrogen and oxygen atoms in total. The van der Waals surface area contributed by atoms with Crippen LogP contribution in [-0.4, -0.2) is 11.1 Å². The first-order valence-electron chi connectivity index (χ1n) is 5.85. The van der Waals surface area contributed by atoms with Crippen LogP contribution in [0.25, 0.3) is 0 Å². The van der Waals surface area contributed by atoms with Gasteiger partial charge in [-0.2, -0.15) is 26.3 Å². The fourth-order valence-electron chi connectivity index (χ4n) is 1.75. The van der Waals surface area contributed by atoms with Gasteiger partial charge in [0.2, 0.25) is 0 Å². The van der Waals surface area contributed by atoms with Crippen molar-refractivity contribution < 1.29 is 36.2 Å². The average molecular weight is 314 g/mol. The number of aliphatic carboxylic acids is 1. The molecule has 1 unspecified atom stereocenters. The molecule has 0 aliphatic rings. The standard InChI is InChI=1S/C13H12F6O2/c1-3-11(2,10(20)21)7-4-8(12(14,15)16)6-9(5-7)13(17,18)19/h4-6H,3H2,1-2H3,(H,20,21). The van der Waals surface area contributed by atoms with Crippen LogP contribution >= 0.6 is 0 Å². The zero-order chi connectivity index (χ0) is 16.6. The molecule has 0 saturated heterocycles. The Bertz CT molecular complexity index is 514. The van der Waals surface area contributed by atoms with Crippen LogP contribution in [0, 0.1) is 0 Å². The second-order valence-electron chi connectivity index (χ2n) is 4.79. The monoisotopic (exact) mass is 314 g/mol. The van der Waals surface area contributed by atoms with E-state index in [0.29, 0.717) is 12.1 Å². The summed E-state index contributed by atoms with van der Waals surface area (Å²) in [4.78, 5) is 11.2. The van der Waals surface area contributed by atoms with Gasteiger partial charge in [-0.1, -0.05) is 6.92 Å². The van der Waals surface area contributed by atoms with E-state index < -0.39 is 40.4 Å². The Kier molecular flexibility index (Phi) is 4.32. The van der Waals surface area contributed by atoms with E-state index in [0.717, 1.165) is 6.92 Å². The van der Waals surface area contributed by atoms with Crippen molar-refractivity contribution in [2.24, 2.45) is 0 Å². The second kappa shape index (κ2) is 5.23. The first kappa shape index (κ1) is 17.3. The highest BCUT2D eigenvalue weighted by Crippen LogP contribution is 2.39. The smallest absolute Gasteiger partial charge is 0.416 e. The molecule has 0 bridgehead atoms. The summed E-state index contributed by atoms with van der Waals surface area (Å²) in [5.74, 6) is -1.49. The first-order chi connectivity index (χ1) is 9.32. The van der Waals surface area contributed by atoms with Crippen molar-refractivity contribution >= 4 is 5.97 Å². The molecular formula is C13H12F6O2. The van der Waals surface area contributed by atoms with Gasteiger partial charge >= 0.3 is 18.3 Å². The van der Waals surface area contributed by atoms with Gasteiger partial charge in [0.05, 0.1) is 16.5 Å². The first-order valence-corrected chi connectivity index (χ1v) is 5.85. The second-order valence-corrected chi connectivity index (χ2v) is 4.79. The van der Waals surface area contributed by atoms with Crippen LogP contribution in [0.3, 0.4) is 0 Å². The summed E-state index contributed by atoms with van der Waals surface area (Å²) >= 11 is 0. The zero-order valence-electron chi connectivity index (χ0n) is 11.1. The molecule has 1 rings (SSSR count). The van der Waals surface area contributed by atoms with Gasteiger partial charge in [0.1, 0.15) is 0 Å². The molecule has 21 heavy (non-hydrogen) atoms. The Morgan fingerprint density at radius 1 is 0.952 bits per heavy atom. The fourth-order valence-corrected chi connectivity index (χ4v) is 1.75. The molecule has 118 valence electrons. The molecule has 0 aromatic heterocycles. The van der Waals surface area contributed by atoms with E-state index in [1.54, 1.807) is 0 Å². The topological polar surface area (TPSA) is 37.3 Å². The molecular weight excluding hydrogens is 302 g/mol. The molecule has 0 spiro atoms. The summed E-state index contributed by atoms with van der Waals surface area (Å²) in [6, 6.07) is 0.876. The minimum atomic E-state index is -5.00. The number of alkyl halides is 6. The number of rotatable bonds is 3. The lowest BCUT2D eigenvalue weighted by molar-refractivity contribution is -0.146. The van der Waals surface area contributed by atoms with Crippen LogP contribution < -0.4 is 0 Å². The lowest BCUT2D eigenvalue weighted by Gasteiger charge is -2.25. The highest BCUT2D eigenvalue weighted by molar-refractivity contribution is 5.81. The Balaban J connectivity index is 3.64. The number of hydrogen-bond acceptors (Lipinski definition) is 1. The summed E-state index contributed by atoms with van der Waals surface area (Å²) in [6.45, 7) is 2.46. The third-order valence-electron chi connectivity index (χ3n) is 3.40. The molecule has 0 amide bonds. The summed E-state index contributed by atoms with van der Waals surface area (Å²) in [7, 11) is 0. The third-order valence-corrected chi connectivity index (χ3v) is 3.40. The predicted molar refractivity (Wildman–Crippen MR) is 61.7 cm³/mol. The van der Waals surface area contributed by atoms with Gasteiger partial charge in [-0.05, 0) is 37.1 Å². The summed E-state index contributed by atoms with van der Waals surface area (Å²) in [6.07, 6.45) is -10.1. The van der Waals surface area contributed by atoms with E-state index >= 15 is 0 Å². The van der Waals surface area contributed by atoms with E-state index in [-0.39, 0.29) is 12.5 Å². The van der Waals surface area contributed by atoms with Gasteiger partial charge in [0.15, 0.2) is 0 Å². The van der Waals surface area contributed by atoms with Crippen molar-refractivity contribution in [2.75, 3.05) is 0 Å². The van der Waals surface area contributed by atoms with Crippen LogP contribution in [0.5, 0.6) is 0 Å². The SMILES string of the molecule is CCC(C)(C(=O)O)c1cc(C(F)(F)F)cc(C(F)(F)F)c1. The normalized spacial score (nSPS) is 15.6. The number of hydrogen-bond donors (Lipinski definition) is 1. The molecule has 1 atom stereocenters. The van der Waals surface area contributed by atoms with Crippen LogP contribution in [0.15, 0.2) is 18.2 Å². The van der Waals surface area contributed by atoms with Crippen molar-refractivity contribution in [3.8, 4) is 0 Å². The Labute approximate surface area is 116 Å². The van der Waals surface area contributed by atoms with E-state index in [2.05, 4.69) is 0 Å². The number of halogens is 6. The molecule has 1 N–H and O–H groups in total. The molecule has 0 aliphatic heterocycles. The lowest BCUT2D eigenvalue weighted by Crippen LogP contribution is -2.32. The lowest BCUT2D eigenvalue weighted by atomic mass is 9.79. The zero-order valence-corrected chi connectivity index (χ0v) is 11.1. The van der Waals surface area contributed by atoms with E-state index in [1.165, 1.54) is 6.92 Å². The fraction of sp³-hybridized carbons (Fsp3) is 0.462. The van der Waals surface area contributed by atoms with Crippen LogP contribution in [0.4, 0.5) is 26.3 Å². The van der Waals surface area contributed by atoms with Crippen molar-refractivity contribution in [3.63, 3.8) is 0 Å². The largest absolute Gasteiger partial charge is 0.481 e. The maximum absolute atomic E-state index is 12.7. The highest BCUT2D eigenvalue weighted by Gasteiger charge is 2.41. The van der Waals surface area contributed by atoms with E-state index in [9.17, 15) is 31.1 Å². The minimum absolute atomic E-state index is 0.0264. The van der Waals surface area contributed by atoms with Crippen molar-refractivity contribution in [1.82, 2.24) is 0 Å². The third kappa shape index (κ3) is 3.48. The van der Waals surface area contributed by atoms with E-state index in [1.807, 2.05) is 0 Å². The van der Waals surface area contributed by atoms with Gasteiger partial charge in [0.25, 0.3) is 0 Å². The molecule has 0 heterocycles. The molecule has 0 saturated carbocycles. The van der Waals surface area contributed by atoms with Gasteiger partial charge in [0, 0.05) is 0 Å². The maximum atomic E-state index is 12.7. The van der Waals surface area contributed by atoms with Crippen LogP contribution in [0.1, 0.15) is 37.0 Å². The molecule has 1 aromatic carbocycles. The van der Waals surface area contributed by atoms with Crippen molar-refractivity contribution in [3.05, 3.63) is 34.9 Å². The number of carbonyl (C=O) groups is 1. The maximum Gasteiger partial charge on any atom is 0.416 e. The Hall–Kier alpha value is -1.73. The van der Waals surface area contributed by atoms with Gasteiger partial charge in [-0.25, -0.2) is 0 Å².